The van der Waals surface area contributed by atoms with E-state index in [9.17, 15) is 5.26 Å². The number of rotatable bonds is 6. The van der Waals surface area contributed by atoms with Gasteiger partial charge in [-0.05, 0) is 31.0 Å². The summed E-state index contributed by atoms with van der Waals surface area (Å²) in [4.78, 5) is 1.08. The molecule has 0 aliphatic carbocycles. The zero-order chi connectivity index (χ0) is 12.7. The SMILES string of the molecule is CCCC(C#N)(CCC)Sc1cccc(Cl)c1. The zero-order valence-corrected chi connectivity index (χ0v) is 11.9. The van der Waals surface area contributed by atoms with Crippen LogP contribution in [0.25, 0.3) is 0 Å². The van der Waals surface area contributed by atoms with Gasteiger partial charge in [0.05, 0.1) is 6.07 Å². The van der Waals surface area contributed by atoms with Crippen LogP contribution in [0.2, 0.25) is 5.02 Å². The van der Waals surface area contributed by atoms with Crippen LogP contribution in [-0.2, 0) is 0 Å². The Morgan fingerprint density at radius 1 is 1.29 bits per heavy atom. The minimum Gasteiger partial charge on any atom is -0.197 e. The quantitative estimate of drug-likeness (QED) is 0.654. The largest absolute Gasteiger partial charge is 0.197 e. The van der Waals surface area contributed by atoms with Crippen LogP contribution in [-0.4, -0.2) is 4.75 Å². The summed E-state index contributed by atoms with van der Waals surface area (Å²) in [5.41, 5.74) is 0. The van der Waals surface area contributed by atoms with Crippen LogP contribution in [0.5, 0.6) is 0 Å². The Balaban J connectivity index is 2.89. The average molecular weight is 268 g/mol. The maximum Gasteiger partial charge on any atom is 0.107 e. The smallest absolute Gasteiger partial charge is 0.107 e. The van der Waals surface area contributed by atoms with Crippen LogP contribution in [0.3, 0.4) is 0 Å². The molecule has 0 radical (unpaired) electrons. The van der Waals surface area contributed by atoms with Crippen molar-refractivity contribution in [1.29, 1.82) is 5.26 Å². The first-order valence-electron chi connectivity index (χ1n) is 6.01. The van der Waals surface area contributed by atoms with E-state index < -0.39 is 0 Å². The first kappa shape index (κ1) is 14.4. The van der Waals surface area contributed by atoms with Gasteiger partial charge in [0, 0.05) is 9.92 Å². The summed E-state index contributed by atoms with van der Waals surface area (Å²) in [6.07, 6.45) is 3.91. The predicted octanol–water partition coefficient (Wildman–Crippen LogP) is 5.29. The van der Waals surface area contributed by atoms with E-state index in [1.54, 1.807) is 11.8 Å². The lowest BCUT2D eigenvalue weighted by atomic mass is 9.99. The molecule has 0 spiro atoms. The van der Waals surface area contributed by atoms with Gasteiger partial charge >= 0.3 is 0 Å². The molecule has 0 amide bonds. The van der Waals surface area contributed by atoms with Crippen molar-refractivity contribution in [3.8, 4) is 6.07 Å². The number of benzene rings is 1. The molecule has 1 rings (SSSR count). The standard InChI is InChI=1S/C14H18ClNS/c1-3-8-14(11-16,9-4-2)17-13-7-5-6-12(15)10-13/h5-7,10H,3-4,8-9H2,1-2H3. The summed E-state index contributed by atoms with van der Waals surface area (Å²) in [5.74, 6) is 0. The highest BCUT2D eigenvalue weighted by Crippen LogP contribution is 2.40. The van der Waals surface area contributed by atoms with Gasteiger partial charge in [-0.1, -0.05) is 44.4 Å². The van der Waals surface area contributed by atoms with Crippen molar-refractivity contribution < 1.29 is 0 Å². The third kappa shape index (κ3) is 4.26. The van der Waals surface area contributed by atoms with Crippen LogP contribution in [0, 0.1) is 11.3 Å². The molecule has 0 N–H and O–H groups in total. The lowest BCUT2D eigenvalue weighted by Gasteiger charge is -2.25. The summed E-state index contributed by atoms with van der Waals surface area (Å²) >= 11 is 7.63. The molecule has 0 saturated heterocycles. The molecule has 17 heavy (non-hydrogen) atoms. The van der Waals surface area contributed by atoms with Gasteiger partial charge in [-0.15, -0.1) is 11.8 Å². The number of nitriles is 1. The second-order valence-electron chi connectivity index (χ2n) is 4.17. The number of thioether (sulfide) groups is 1. The van der Waals surface area contributed by atoms with Crippen LogP contribution in [0.15, 0.2) is 29.2 Å². The second kappa shape index (κ2) is 6.93. The van der Waals surface area contributed by atoms with E-state index in [4.69, 9.17) is 11.6 Å². The first-order valence-corrected chi connectivity index (χ1v) is 7.21. The molecule has 1 aromatic rings. The monoisotopic (exact) mass is 267 g/mol. The van der Waals surface area contributed by atoms with Crippen LogP contribution < -0.4 is 0 Å². The normalized spacial score (nSPS) is 11.2. The molecule has 0 aliphatic rings. The summed E-state index contributed by atoms with van der Waals surface area (Å²) in [6, 6.07) is 10.3. The molecule has 0 atom stereocenters. The molecule has 0 unspecified atom stereocenters. The lowest BCUT2D eigenvalue weighted by Crippen LogP contribution is -2.21. The van der Waals surface area contributed by atoms with Crippen molar-refractivity contribution in [2.75, 3.05) is 0 Å². The molecule has 0 fully saturated rings. The third-order valence-electron chi connectivity index (χ3n) is 2.62. The summed E-state index contributed by atoms with van der Waals surface area (Å²) < 4.78 is -0.297. The van der Waals surface area contributed by atoms with Crippen LogP contribution >= 0.6 is 23.4 Å². The van der Waals surface area contributed by atoms with E-state index in [0.717, 1.165) is 35.6 Å². The maximum absolute atomic E-state index is 9.47. The van der Waals surface area contributed by atoms with Crippen LogP contribution in [0.4, 0.5) is 0 Å². The van der Waals surface area contributed by atoms with Gasteiger partial charge in [0.15, 0.2) is 0 Å². The van der Waals surface area contributed by atoms with Crippen molar-refractivity contribution in [3.05, 3.63) is 29.3 Å². The van der Waals surface area contributed by atoms with E-state index in [0.29, 0.717) is 0 Å². The average Bonchev–Trinajstić information content (AvgIpc) is 2.29. The van der Waals surface area contributed by atoms with E-state index in [2.05, 4.69) is 19.9 Å². The maximum atomic E-state index is 9.47. The van der Waals surface area contributed by atoms with Crippen molar-refractivity contribution in [3.63, 3.8) is 0 Å². The minimum absolute atomic E-state index is 0.297. The fourth-order valence-corrected chi connectivity index (χ4v) is 3.62. The molecule has 3 heteroatoms. The zero-order valence-electron chi connectivity index (χ0n) is 10.4. The van der Waals surface area contributed by atoms with E-state index in [1.807, 2.05) is 24.3 Å². The molecule has 92 valence electrons. The van der Waals surface area contributed by atoms with E-state index in [1.165, 1.54) is 0 Å². The van der Waals surface area contributed by atoms with Crippen molar-refractivity contribution in [2.24, 2.45) is 0 Å². The lowest BCUT2D eigenvalue weighted by molar-refractivity contribution is 0.584. The third-order valence-corrected chi connectivity index (χ3v) is 4.24. The van der Waals surface area contributed by atoms with Gasteiger partial charge in [0.25, 0.3) is 0 Å². The van der Waals surface area contributed by atoms with Gasteiger partial charge in [0.1, 0.15) is 4.75 Å². The fourth-order valence-electron chi connectivity index (χ4n) is 1.93. The fraction of sp³-hybridized carbons (Fsp3) is 0.500. The number of hydrogen-bond donors (Lipinski definition) is 0. The van der Waals surface area contributed by atoms with Gasteiger partial charge in [-0.2, -0.15) is 5.26 Å². The van der Waals surface area contributed by atoms with Gasteiger partial charge in [0.2, 0.25) is 0 Å². The van der Waals surface area contributed by atoms with E-state index >= 15 is 0 Å². The number of hydrogen-bond acceptors (Lipinski definition) is 2. The van der Waals surface area contributed by atoms with Crippen molar-refractivity contribution in [1.82, 2.24) is 0 Å². The first-order chi connectivity index (χ1) is 8.15. The summed E-state index contributed by atoms with van der Waals surface area (Å²) in [6.45, 7) is 4.25. The highest BCUT2D eigenvalue weighted by molar-refractivity contribution is 8.01. The Labute approximate surface area is 113 Å². The summed E-state index contributed by atoms with van der Waals surface area (Å²) in [7, 11) is 0. The van der Waals surface area contributed by atoms with Gasteiger partial charge in [-0.3, -0.25) is 0 Å². The minimum atomic E-state index is -0.297. The Morgan fingerprint density at radius 2 is 1.94 bits per heavy atom. The Bertz CT molecular complexity index is 391. The molecular weight excluding hydrogens is 250 g/mol. The van der Waals surface area contributed by atoms with Gasteiger partial charge < -0.3 is 0 Å². The Kier molecular flexibility index (Phi) is 5.88. The van der Waals surface area contributed by atoms with Crippen molar-refractivity contribution >= 4 is 23.4 Å². The molecule has 1 nitrogen and oxygen atoms in total. The molecule has 1 aromatic carbocycles. The second-order valence-corrected chi connectivity index (χ2v) is 6.06. The molecule has 0 aliphatic heterocycles. The molecule has 0 bridgehead atoms. The van der Waals surface area contributed by atoms with E-state index in [-0.39, 0.29) is 4.75 Å². The van der Waals surface area contributed by atoms with Crippen LogP contribution in [0.1, 0.15) is 39.5 Å². The molecule has 0 heterocycles. The Morgan fingerprint density at radius 3 is 2.41 bits per heavy atom. The number of nitrogens with zero attached hydrogens (tertiary/aromatic N) is 1. The molecular formula is C14H18ClNS. The topological polar surface area (TPSA) is 23.8 Å². The van der Waals surface area contributed by atoms with Gasteiger partial charge in [-0.25, -0.2) is 0 Å². The Hall–Kier alpha value is -0.650. The number of halogens is 1. The summed E-state index contributed by atoms with van der Waals surface area (Å²) in [5, 5.41) is 10.2. The predicted molar refractivity (Wildman–Crippen MR) is 75.5 cm³/mol. The molecule has 0 saturated carbocycles. The highest BCUT2D eigenvalue weighted by atomic mass is 35.5. The highest BCUT2D eigenvalue weighted by Gasteiger charge is 2.29. The molecule has 0 aromatic heterocycles. The van der Waals surface area contributed by atoms with Crippen molar-refractivity contribution in [2.45, 2.75) is 49.2 Å².